The van der Waals surface area contributed by atoms with E-state index in [4.69, 9.17) is 5.73 Å². The third-order valence-electron chi connectivity index (χ3n) is 1.66. The monoisotopic (exact) mass is 281 g/mol. The molecule has 1 aromatic rings. The maximum atomic E-state index is 5.96. The third-order valence-corrected chi connectivity index (χ3v) is 3.67. The highest BCUT2D eigenvalue weighted by atomic mass is 79.9. The predicted octanol–water partition coefficient (Wildman–Crippen LogP) is 3.90. The van der Waals surface area contributed by atoms with E-state index in [9.17, 15) is 0 Å². The second-order valence-corrected chi connectivity index (χ2v) is 4.41. The van der Waals surface area contributed by atoms with E-state index in [0.29, 0.717) is 0 Å². The Morgan fingerprint density at radius 1 is 1.69 bits per heavy atom. The molecule has 1 atom stereocenters. The summed E-state index contributed by atoms with van der Waals surface area (Å²) in [5.41, 5.74) is 5.96. The van der Waals surface area contributed by atoms with Crippen LogP contribution >= 0.6 is 39.7 Å². The predicted molar refractivity (Wildman–Crippen MR) is 65.6 cm³/mol. The fraction of sp³-hybridized carbons (Fsp3) is 0.333. The molecule has 0 amide bonds. The molecule has 74 valence electrons. The Bertz CT molecular complexity index is 262. The van der Waals surface area contributed by atoms with Gasteiger partial charge in [0.05, 0.1) is 0 Å². The molecular weight excluding hydrogens is 270 g/mol. The van der Waals surface area contributed by atoms with Gasteiger partial charge >= 0.3 is 0 Å². The van der Waals surface area contributed by atoms with Crippen molar-refractivity contribution < 1.29 is 0 Å². The van der Waals surface area contributed by atoms with Gasteiger partial charge in [0.1, 0.15) is 0 Å². The molecule has 1 heterocycles. The summed E-state index contributed by atoms with van der Waals surface area (Å²) >= 11 is 5.17. The first kappa shape index (κ1) is 13.2. The summed E-state index contributed by atoms with van der Waals surface area (Å²) in [6.07, 6.45) is 3.86. The summed E-state index contributed by atoms with van der Waals surface area (Å²) in [6.45, 7) is 3.67. The van der Waals surface area contributed by atoms with E-state index in [1.807, 2.05) is 17.5 Å². The van der Waals surface area contributed by atoms with Gasteiger partial charge in [-0.15, -0.1) is 30.3 Å². The van der Waals surface area contributed by atoms with Crippen LogP contribution in [-0.4, -0.2) is 0 Å². The SMILES string of the molecule is C=CCC[C@@H](N)c1sccc1Br.Cl. The van der Waals surface area contributed by atoms with Crippen molar-refractivity contribution in [2.45, 2.75) is 18.9 Å². The lowest BCUT2D eigenvalue weighted by atomic mass is 10.1. The first-order chi connectivity index (χ1) is 5.75. The van der Waals surface area contributed by atoms with Crippen LogP contribution in [0.2, 0.25) is 0 Å². The Hall–Kier alpha value is 0.170. The maximum absolute atomic E-state index is 5.96. The molecule has 2 N–H and O–H groups in total. The molecule has 1 nitrogen and oxygen atoms in total. The van der Waals surface area contributed by atoms with E-state index in [2.05, 4.69) is 22.5 Å². The van der Waals surface area contributed by atoms with Crippen LogP contribution in [0.4, 0.5) is 0 Å². The van der Waals surface area contributed by atoms with E-state index in [0.717, 1.165) is 17.3 Å². The molecule has 13 heavy (non-hydrogen) atoms. The summed E-state index contributed by atoms with van der Waals surface area (Å²) in [5.74, 6) is 0. The highest BCUT2D eigenvalue weighted by molar-refractivity contribution is 9.10. The molecule has 1 rings (SSSR count). The minimum Gasteiger partial charge on any atom is -0.323 e. The molecule has 0 aliphatic rings. The summed E-state index contributed by atoms with van der Waals surface area (Å²) in [7, 11) is 0. The molecule has 0 bridgehead atoms. The molecule has 4 heteroatoms. The minimum absolute atomic E-state index is 0. The van der Waals surface area contributed by atoms with Crippen LogP contribution in [0.1, 0.15) is 23.8 Å². The Balaban J connectivity index is 0.00000144. The number of nitrogens with two attached hydrogens (primary N) is 1. The molecule has 0 aliphatic heterocycles. The molecule has 0 aromatic carbocycles. The highest BCUT2D eigenvalue weighted by Crippen LogP contribution is 2.29. The zero-order valence-corrected chi connectivity index (χ0v) is 10.4. The van der Waals surface area contributed by atoms with Gasteiger partial charge in [0.2, 0.25) is 0 Å². The third kappa shape index (κ3) is 3.81. The minimum atomic E-state index is 0. The fourth-order valence-corrected chi connectivity index (χ4v) is 2.70. The van der Waals surface area contributed by atoms with Crippen LogP contribution in [0.3, 0.4) is 0 Å². The van der Waals surface area contributed by atoms with Crippen LogP contribution in [0, 0.1) is 0 Å². The van der Waals surface area contributed by atoms with Crippen molar-refractivity contribution in [2.24, 2.45) is 5.73 Å². The van der Waals surface area contributed by atoms with E-state index < -0.39 is 0 Å². The zero-order chi connectivity index (χ0) is 8.97. The van der Waals surface area contributed by atoms with Gasteiger partial charge in [0.15, 0.2) is 0 Å². The lowest BCUT2D eigenvalue weighted by Crippen LogP contribution is -2.08. The average Bonchev–Trinajstić information content (AvgIpc) is 2.47. The quantitative estimate of drug-likeness (QED) is 0.833. The summed E-state index contributed by atoms with van der Waals surface area (Å²) < 4.78 is 1.13. The number of thiophene rings is 1. The Morgan fingerprint density at radius 3 is 2.85 bits per heavy atom. The normalized spacial score (nSPS) is 11.8. The Kier molecular flexibility index (Phi) is 6.68. The molecule has 0 aliphatic carbocycles. The van der Waals surface area contributed by atoms with Crippen molar-refractivity contribution in [3.05, 3.63) is 33.5 Å². The lowest BCUT2D eigenvalue weighted by molar-refractivity contribution is 0.670. The van der Waals surface area contributed by atoms with Crippen LogP contribution in [0.5, 0.6) is 0 Å². The van der Waals surface area contributed by atoms with Crippen molar-refractivity contribution in [3.8, 4) is 0 Å². The van der Waals surface area contributed by atoms with Gasteiger partial charge in [-0.05, 0) is 40.2 Å². The topological polar surface area (TPSA) is 26.0 Å². The molecule has 0 fully saturated rings. The second-order valence-electron chi connectivity index (χ2n) is 2.61. The Morgan fingerprint density at radius 2 is 2.38 bits per heavy atom. The smallest absolute Gasteiger partial charge is 0.0404 e. The Labute approximate surface area is 97.6 Å². The molecule has 0 unspecified atom stereocenters. The van der Waals surface area contributed by atoms with Crippen molar-refractivity contribution in [1.29, 1.82) is 0 Å². The molecule has 1 aromatic heterocycles. The summed E-state index contributed by atoms with van der Waals surface area (Å²) in [6, 6.07) is 2.19. The molecule has 0 saturated heterocycles. The number of rotatable bonds is 4. The van der Waals surface area contributed by atoms with E-state index in [1.54, 1.807) is 11.3 Å². The van der Waals surface area contributed by atoms with Crippen molar-refractivity contribution >= 4 is 39.7 Å². The second kappa shape index (κ2) is 6.60. The standard InChI is InChI=1S/C9H12BrNS.ClH/c1-2-3-4-8(11)9-7(10)5-6-12-9;/h2,5-6,8H,1,3-4,11H2;1H/t8-;/m1./s1. The van der Waals surface area contributed by atoms with E-state index in [1.165, 1.54) is 4.88 Å². The summed E-state index contributed by atoms with van der Waals surface area (Å²) in [4.78, 5) is 1.23. The largest absolute Gasteiger partial charge is 0.323 e. The van der Waals surface area contributed by atoms with Crippen molar-refractivity contribution in [1.82, 2.24) is 0 Å². The highest BCUT2D eigenvalue weighted by Gasteiger charge is 2.09. The van der Waals surface area contributed by atoms with Gasteiger partial charge in [0.25, 0.3) is 0 Å². The van der Waals surface area contributed by atoms with Gasteiger partial charge in [-0.1, -0.05) is 6.08 Å². The summed E-state index contributed by atoms with van der Waals surface area (Å²) in [5, 5.41) is 2.05. The van der Waals surface area contributed by atoms with Crippen LogP contribution in [-0.2, 0) is 0 Å². The number of hydrogen-bond donors (Lipinski definition) is 1. The molecule has 0 spiro atoms. The van der Waals surface area contributed by atoms with Gasteiger partial charge in [-0.2, -0.15) is 0 Å². The van der Waals surface area contributed by atoms with Gasteiger partial charge in [-0.3, -0.25) is 0 Å². The number of allylic oxidation sites excluding steroid dienone is 1. The van der Waals surface area contributed by atoms with Crippen molar-refractivity contribution in [3.63, 3.8) is 0 Å². The van der Waals surface area contributed by atoms with E-state index >= 15 is 0 Å². The van der Waals surface area contributed by atoms with E-state index in [-0.39, 0.29) is 18.4 Å². The van der Waals surface area contributed by atoms with Gasteiger partial charge in [0, 0.05) is 15.4 Å². The van der Waals surface area contributed by atoms with Crippen molar-refractivity contribution in [2.75, 3.05) is 0 Å². The van der Waals surface area contributed by atoms with Gasteiger partial charge < -0.3 is 5.73 Å². The maximum Gasteiger partial charge on any atom is 0.0404 e. The lowest BCUT2D eigenvalue weighted by Gasteiger charge is -2.07. The fourth-order valence-electron chi connectivity index (χ4n) is 0.998. The van der Waals surface area contributed by atoms with Crippen LogP contribution in [0.15, 0.2) is 28.6 Å². The van der Waals surface area contributed by atoms with Crippen LogP contribution < -0.4 is 5.73 Å². The number of halogens is 2. The average molecular weight is 283 g/mol. The first-order valence-corrected chi connectivity index (χ1v) is 5.52. The molecule has 0 saturated carbocycles. The van der Waals surface area contributed by atoms with Gasteiger partial charge in [-0.25, -0.2) is 0 Å². The molecule has 0 radical (unpaired) electrons. The first-order valence-electron chi connectivity index (χ1n) is 3.85. The molecular formula is C9H13BrClNS. The zero-order valence-electron chi connectivity index (χ0n) is 7.20. The number of hydrogen-bond acceptors (Lipinski definition) is 2. The van der Waals surface area contributed by atoms with Crippen LogP contribution in [0.25, 0.3) is 0 Å².